The summed E-state index contributed by atoms with van der Waals surface area (Å²) in [5.41, 5.74) is 3.30. The fraction of sp³-hybridized carbons (Fsp3) is 0.143. The molecule has 136 valence electrons. The molecular weight excluding hydrogens is 346 g/mol. The van der Waals surface area contributed by atoms with Gasteiger partial charge in [0, 0.05) is 16.5 Å². The van der Waals surface area contributed by atoms with Gasteiger partial charge < -0.3 is 18.3 Å². The topological polar surface area (TPSA) is 74.7 Å². The molecule has 0 aliphatic carbocycles. The van der Waals surface area contributed by atoms with E-state index >= 15 is 0 Å². The molecule has 0 aliphatic heterocycles. The van der Waals surface area contributed by atoms with Gasteiger partial charge >= 0.3 is 5.97 Å². The predicted octanol–water partition coefficient (Wildman–Crippen LogP) is 4.23. The van der Waals surface area contributed by atoms with Crippen LogP contribution in [0.15, 0.2) is 69.9 Å². The van der Waals surface area contributed by atoms with Gasteiger partial charge in [-0.15, -0.1) is 0 Å². The summed E-state index contributed by atoms with van der Waals surface area (Å²) in [6, 6.07) is 15.4. The standard InChI is InChI=1S/C21H17NO5/c1-24-20(23)13-25-18-9-5-8-16-15(11-27-21(16)18)10-19-22-17(12-26-19)14-6-3-2-4-7-14/h2-9,11-12H,10,13H2,1H3. The van der Waals surface area contributed by atoms with Gasteiger partial charge in [-0.2, -0.15) is 0 Å². The third-order valence-electron chi connectivity index (χ3n) is 4.18. The van der Waals surface area contributed by atoms with Gasteiger partial charge in [-0.3, -0.25) is 0 Å². The number of hydrogen-bond acceptors (Lipinski definition) is 6. The van der Waals surface area contributed by atoms with E-state index in [1.807, 2.05) is 42.5 Å². The van der Waals surface area contributed by atoms with Crippen molar-refractivity contribution in [2.75, 3.05) is 13.7 Å². The first kappa shape index (κ1) is 16.9. The molecule has 2 aromatic carbocycles. The lowest BCUT2D eigenvalue weighted by molar-refractivity contribution is -0.142. The Hall–Kier alpha value is -3.54. The summed E-state index contributed by atoms with van der Waals surface area (Å²) < 4.78 is 21.4. The minimum atomic E-state index is -0.452. The predicted molar refractivity (Wildman–Crippen MR) is 98.5 cm³/mol. The average Bonchev–Trinajstić information content (AvgIpc) is 3.35. The Morgan fingerprint density at radius 1 is 1.04 bits per heavy atom. The van der Waals surface area contributed by atoms with Gasteiger partial charge in [-0.25, -0.2) is 9.78 Å². The lowest BCUT2D eigenvalue weighted by Crippen LogP contribution is -2.12. The van der Waals surface area contributed by atoms with E-state index in [0.717, 1.165) is 22.2 Å². The second kappa shape index (κ2) is 7.37. The van der Waals surface area contributed by atoms with Crippen LogP contribution in [-0.2, 0) is 16.0 Å². The van der Waals surface area contributed by atoms with Crippen molar-refractivity contribution < 1.29 is 23.1 Å². The van der Waals surface area contributed by atoms with E-state index in [1.165, 1.54) is 7.11 Å². The van der Waals surface area contributed by atoms with Gasteiger partial charge in [0.25, 0.3) is 0 Å². The fourth-order valence-electron chi connectivity index (χ4n) is 2.83. The zero-order chi connectivity index (χ0) is 18.6. The minimum absolute atomic E-state index is 0.175. The highest BCUT2D eigenvalue weighted by molar-refractivity contribution is 5.86. The Bertz CT molecular complexity index is 1060. The zero-order valence-electron chi connectivity index (χ0n) is 14.7. The molecule has 6 nitrogen and oxygen atoms in total. The van der Waals surface area contributed by atoms with E-state index in [1.54, 1.807) is 18.6 Å². The number of carbonyl (C=O) groups excluding carboxylic acids is 1. The van der Waals surface area contributed by atoms with Gasteiger partial charge in [0.15, 0.2) is 23.8 Å². The normalized spacial score (nSPS) is 10.9. The van der Waals surface area contributed by atoms with Crippen molar-refractivity contribution in [1.82, 2.24) is 4.98 Å². The number of furan rings is 1. The number of carbonyl (C=O) groups is 1. The molecule has 0 saturated carbocycles. The molecule has 6 heteroatoms. The van der Waals surface area contributed by atoms with Crippen LogP contribution >= 0.6 is 0 Å². The molecule has 0 saturated heterocycles. The highest BCUT2D eigenvalue weighted by Gasteiger charge is 2.15. The Labute approximate surface area is 155 Å². The molecule has 0 spiro atoms. The van der Waals surface area contributed by atoms with E-state index in [2.05, 4.69) is 9.72 Å². The third-order valence-corrected chi connectivity index (χ3v) is 4.18. The summed E-state index contributed by atoms with van der Waals surface area (Å²) >= 11 is 0. The highest BCUT2D eigenvalue weighted by atomic mass is 16.6. The van der Waals surface area contributed by atoms with Crippen LogP contribution < -0.4 is 4.74 Å². The number of fused-ring (bicyclic) bond motifs is 1. The number of nitrogens with zero attached hydrogens (tertiary/aromatic N) is 1. The Kier molecular flexibility index (Phi) is 4.61. The second-order valence-electron chi connectivity index (χ2n) is 5.93. The summed E-state index contributed by atoms with van der Waals surface area (Å²) in [4.78, 5) is 15.8. The van der Waals surface area contributed by atoms with E-state index < -0.39 is 5.97 Å². The molecule has 0 atom stereocenters. The molecule has 0 fully saturated rings. The fourth-order valence-corrected chi connectivity index (χ4v) is 2.83. The molecule has 0 amide bonds. The molecule has 0 unspecified atom stereocenters. The zero-order valence-corrected chi connectivity index (χ0v) is 14.7. The lowest BCUT2D eigenvalue weighted by atomic mass is 10.1. The molecule has 0 aliphatic rings. The summed E-state index contributed by atoms with van der Waals surface area (Å²) in [5, 5.41) is 0.886. The number of esters is 1. The number of ether oxygens (including phenoxy) is 2. The summed E-state index contributed by atoms with van der Waals surface area (Å²) in [5.74, 6) is 0.631. The van der Waals surface area contributed by atoms with Crippen molar-refractivity contribution in [3.8, 4) is 17.0 Å². The summed E-state index contributed by atoms with van der Waals surface area (Å²) in [6.07, 6.45) is 3.79. The molecule has 2 heterocycles. The molecule has 0 radical (unpaired) electrons. The molecule has 2 aromatic heterocycles. The van der Waals surface area contributed by atoms with Crippen LogP contribution in [0.4, 0.5) is 0 Å². The maximum Gasteiger partial charge on any atom is 0.343 e. The summed E-state index contributed by atoms with van der Waals surface area (Å²) in [7, 11) is 1.32. The first-order chi connectivity index (χ1) is 13.2. The molecule has 0 N–H and O–H groups in total. The molecule has 4 aromatic rings. The first-order valence-corrected chi connectivity index (χ1v) is 8.43. The van der Waals surface area contributed by atoms with Crippen molar-refractivity contribution >= 4 is 16.9 Å². The van der Waals surface area contributed by atoms with Crippen molar-refractivity contribution in [2.45, 2.75) is 6.42 Å². The molecule has 4 rings (SSSR count). The van der Waals surface area contributed by atoms with Crippen molar-refractivity contribution in [2.24, 2.45) is 0 Å². The Morgan fingerprint density at radius 2 is 1.89 bits per heavy atom. The van der Waals surface area contributed by atoms with Gasteiger partial charge in [0.2, 0.25) is 0 Å². The van der Waals surface area contributed by atoms with Gasteiger partial charge in [0.05, 0.1) is 19.8 Å². The third kappa shape index (κ3) is 3.55. The SMILES string of the molecule is COC(=O)COc1cccc2c(Cc3nc(-c4ccccc4)co3)coc12. The Morgan fingerprint density at radius 3 is 2.70 bits per heavy atom. The lowest BCUT2D eigenvalue weighted by Gasteiger charge is -2.05. The maximum atomic E-state index is 11.3. The largest absolute Gasteiger partial charge is 0.478 e. The van der Waals surface area contributed by atoms with Crippen molar-refractivity contribution in [1.29, 1.82) is 0 Å². The van der Waals surface area contributed by atoms with Crippen molar-refractivity contribution in [3.05, 3.63) is 72.5 Å². The van der Waals surface area contributed by atoms with Crippen LogP contribution in [0.2, 0.25) is 0 Å². The number of aromatic nitrogens is 1. The van der Waals surface area contributed by atoms with Gasteiger partial charge in [-0.05, 0) is 6.07 Å². The quantitative estimate of drug-likeness (QED) is 0.477. The van der Waals surface area contributed by atoms with E-state index in [4.69, 9.17) is 13.6 Å². The van der Waals surface area contributed by atoms with Crippen LogP contribution in [0, 0.1) is 0 Å². The van der Waals surface area contributed by atoms with Crippen molar-refractivity contribution in [3.63, 3.8) is 0 Å². The van der Waals surface area contributed by atoms with Crippen LogP contribution in [0.1, 0.15) is 11.5 Å². The number of hydrogen-bond donors (Lipinski definition) is 0. The average molecular weight is 363 g/mol. The smallest absolute Gasteiger partial charge is 0.343 e. The monoisotopic (exact) mass is 363 g/mol. The number of para-hydroxylation sites is 1. The van der Waals surface area contributed by atoms with Gasteiger partial charge in [-0.1, -0.05) is 42.5 Å². The van der Waals surface area contributed by atoms with Crippen LogP contribution in [0.5, 0.6) is 5.75 Å². The molecule has 27 heavy (non-hydrogen) atoms. The highest BCUT2D eigenvalue weighted by Crippen LogP contribution is 2.31. The molecular formula is C21H17NO5. The minimum Gasteiger partial charge on any atom is -0.478 e. The van der Waals surface area contributed by atoms with Crippen LogP contribution in [0.25, 0.3) is 22.2 Å². The second-order valence-corrected chi connectivity index (χ2v) is 5.93. The van der Waals surface area contributed by atoms with Gasteiger partial charge in [0.1, 0.15) is 12.0 Å². The van der Waals surface area contributed by atoms with Crippen LogP contribution in [-0.4, -0.2) is 24.7 Å². The summed E-state index contributed by atoms with van der Waals surface area (Å²) in [6.45, 7) is -0.175. The number of methoxy groups -OCH3 is 1. The van der Waals surface area contributed by atoms with E-state index in [-0.39, 0.29) is 6.61 Å². The van der Waals surface area contributed by atoms with E-state index in [9.17, 15) is 4.79 Å². The molecule has 0 bridgehead atoms. The number of oxazole rings is 1. The maximum absolute atomic E-state index is 11.3. The van der Waals surface area contributed by atoms with Crippen LogP contribution in [0.3, 0.4) is 0 Å². The first-order valence-electron chi connectivity index (χ1n) is 8.43. The number of rotatable bonds is 6. The number of benzene rings is 2. The Balaban J connectivity index is 1.56. The van der Waals surface area contributed by atoms with E-state index in [0.29, 0.717) is 23.6 Å².